The van der Waals surface area contributed by atoms with Gasteiger partial charge in [0.2, 0.25) is 0 Å². The van der Waals surface area contributed by atoms with E-state index in [4.69, 9.17) is 10.2 Å². The quantitative estimate of drug-likeness (QED) is 0.398. The van der Waals surface area contributed by atoms with Crippen LogP contribution in [0.3, 0.4) is 0 Å². The van der Waals surface area contributed by atoms with Crippen molar-refractivity contribution in [2.24, 2.45) is 0 Å². The molecule has 0 aromatic heterocycles. The second-order valence-corrected chi connectivity index (χ2v) is 3.85. The molecule has 0 bridgehead atoms. The lowest BCUT2D eigenvalue weighted by Gasteiger charge is -2.40. The first kappa shape index (κ1) is 13.0. The van der Waals surface area contributed by atoms with Gasteiger partial charge in [-0.2, -0.15) is 0 Å². The fourth-order valence-corrected chi connectivity index (χ4v) is 1.88. The van der Waals surface area contributed by atoms with Crippen LogP contribution in [-0.2, 0) is 0 Å². The van der Waals surface area contributed by atoms with Gasteiger partial charge in [0.05, 0.1) is 0 Å². The Morgan fingerprint density at radius 2 is 1.19 bits per heavy atom. The third-order valence-corrected chi connectivity index (χ3v) is 2.76. The van der Waals surface area contributed by atoms with E-state index in [1.165, 1.54) is 0 Å². The van der Waals surface area contributed by atoms with Gasteiger partial charge in [0.25, 0.3) is 0 Å². The van der Waals surface area contributed by atoms with Gasteiger partial charge < -0.3 is 20.4 Å². The molecule has 0 aromatic rings. The van der Waals surface area contributed by atoms with E-state index < -0.39 is 11.2 Å². The predicted molar refractivity (Wildman–Crippen MR) is 58.1 cm³/mol. The summed E-state index contributed by atoms with van der Waals surface area (Å²) in [6.07, 6.45) is 2.13. The van der Waals surface area contributed by atoms with Gasteiger partial charge >= 0.3 is 0 Å². The first-order valence-corrected chi connectivity index (χ1v) is 5.24. The predicted octanol–water partition coefficient (Wildman–Crippen LogP) is -0.986. The van der Waals surface area contributed by atoms with Crippen molar-refractivity contribution >= 4 is 0 Å². The summed E-state index contributed by atoms with van der Waals surface area (Å²) >= 11 is 0. The molecule has 0 saturated heterocycles. The van der Waals surface area contributed by atoms with Crippen LogP contribution in [-0.4, -0.2) is 44.8 Å². The molecular weight excluding hydrogens is 208 g/mol. The minimum atomic E-state index is -1.61. The van der Waals surface area contributed by atoms with Gasteiger partial charge in [0.15, 0.2) is 11.2 Å². The third kappa shape index (κ3) is 2.55. The van der Waals surface area contributed by atoms with Crippen LogP contribution in [0.4, 0.5) is 0 Å². The van der Waals surface area contributed by atoms with E-state index in [2.05, 4.69) is 23.7 Å². The number of rotatable bonds is 0. The number of hydrogen-bond donors (Lipinski definition) is 4. The minimum absolute atomic E-state index is 0.316. The zero-order valence-electron chi connectivity index (χ0n) is 9.03. The number of aliphatic hydroxyl groups is 4. The average Bonchev–Trinajstić information content (AvgIpc) is 2.28. The second-order valence-electron chi connectivity index (χ2n) is 3.85. The Hall–Kier alpha value is -1.04. The molecule has 0 radical (unpaired) electrons. The molecule has 4 heteroatoms. The first-order chi connectivity index (χ1) is 7.58. The smallest absolute Gasteiger partial charge is 0.165 e. The largest absolute Gasteiger partial charge is 0.384 e. The molecule has 0 aromatic carbocycles. The van der Waals surface area contributed by atoms with Gasteiger partial charge in [-0.25, -0.2) is 0 Å². The molecule has 4 nitrogen and oxygen atoms in total. The molecule has 1 aliphatic rings. The van der Waals surface area contributed by atoms with E-state index in [9.17, 15) is 10.2 Å². The van der Waals surface area contributed by atoms with E-state index in [0.717, 1.165) is 12.8 Å². The van der Waals surface area contributed by atoms with Gasteiger partial charge in [-0.15, -0.1) is 0 Å². The fraction of sp³-hybridized carbons (Fsp3) is 0.667. The van der Waals surface area contributed by atoms with Gasteiger partial charge in [0.1, 0.15) is 13.2 Å². The fourth-order valence-electron chi connectivity index (χ4n) is 1.88. The summed E-state index contributed by atoms with van der Waals surface area (Å²) in [4.78, 5) is 0. The lowest BCUT2D eigenvalue weighted by atomic mass is 9.72. The molecule has 1 fully saturated rings. The topological polar surface area (TPSA) is 80.9 Å². The van der Waals surface area contributed by atoms with Gasteiger partial charge in [0, 0.05) is 0 Å². The molecule has 2 unspecified atom stereocenters. The van der Waals surface area contributed by atoms with Crippen LogP contribution < -0.4 is 0 Å². The monoisotopic (exact) mass is 224 g/mol. The standard InChI is InChI=1S/C12H16O4/c13-9-3-7-11(15)5-1-2-6-12(11,16)8-4-10-14/h13-16H,1-2,5-6,9-10H2. The van der Waals surface area contributed by atoms with E-state index in [1.807, 2.05) is 0 Å². The molecule has 2 atom stereocenters. The van der Waals surface area contributed by atoms with Crippen molar-refractivity contribution in [3.63, 3.8) is 0 Å². The highest BCUT2D eigenvalue weighted by atomic mass is 16.4. The average molecular weight is 224 g/mol. The molecule has 0 heterocycles. The highest BCUT2D eigenvalue weighted by Gasteiger charge is 2.49. The van der Waals surface area contributed by atoms with Crippen molar-refractivity contribution in [2.45, 2.75) is 36.9 Å². The second kappa shape index (κ2) is 5.34. The molecule has 16 heavy (non-hydrogen) atoms. The lowest BCUT2D eigenvalue weighted by Crippen LogP contribution is -2.54. The van der Waals surface area contributed by atoms with Crippen molar-refractivity contribution < 1.29 is 20.4 Å². The zero-order chi connectivity index (χ0) is 12.1. The normalized spacial score (nSPS) is 33.2. The number of aliphatic hydroxyl groups excluding tert-OH is 2. The molecule has 0 aliphatic heterocycles. The Bertz CT molecular complexity index is 321. The van der Waals surface area contributed by atoms with Gasteiger partial charge in [-0.05, 0) is 25.7 Å². The molecule has 88 valence electrons. The van der Waals surface area contributed by atoms with Crippen molar-refractivity contribution in [3.8, 4) is 23.7 Å². The maximum absolute atomic E-state index is 10.2. The highest BCUT2D eigenvalue weighted by Crippen LogP contribution is 2.36. The van der Waals surface area contributed by atoms with Crippen molar-refractivity contribution in [1.82, 2.24) is 0 Å². The highest BCUT2D eigenvalue weighted by molar-refractivity contribution is 5.32. The van der Waals surface area contributed by atoms with E-state index in [0.29, 0.717) is 12.8 Å². The first-order valence-electron chi connectivity index (χ1n) is 5.24. The maximum atomic E-state index is 10.2. The Morgan fingerprint density at radius 3 is 1.50 bits per heavy atom. The van der Waals surface area contributed by atoms with E-state index in [1.54, 1.807) is 0 Å². The Morgan fingerprint density at radius 1 is 0.812 bits per heavy atom. The number of hydrogen-bond acceptors (Lipinski definition) is 4. The summed E-state index contributed by atoms with van der Waals surface area (Å²) < 4.78 is 0. The maximum Gasteiger partial charge on any atom is 0.165 e. The lowest BCUT2D eigenvalue weighted by molar-refractivity contribution is -0.104. The molecule has 1 rings (SSSR count). The van der Waals surface area contributed by atoms with Gasteiger partial charge in [-0.3, -0.25) is 0 Å². The summed E-state index contributed by atoms with van der Waals surface area (Å²) in [6, 6.07) is 0. The minimum Gasteiger partial charge on any atom is -0.384 e. The molecule has 1 saturated carbocycles. The molecule has 4 N–H and O–H groups in total. The molecule has 1 aliphatic carbocycles. The Kier molecular flexibility index (Phi) is 4.35. The van der Waals surface area contributed by atoms with Crippen LogP contribution in [0.2, 0.25) is 0 Å². The van der Waals surface area contributed by atoms with Crippen LogP contribution in [0.1, 0.15) is 25.7 Å². The molecule has 0 amide bonds. The van der Waals surface area contributed by atoms with Crippen LogP contribution in [0.15, 0.2) is 0 Å². The van der Waals surface area contributed by atoms with E-state index in [-0.39, 0.29) is 13.2 Å². The summed E-state index contributed by atoms with van der Waals surface area (Å²) in [5.74, 6) is 9.65. The van der Waals surface area contributed by atoms with Crippen LogP contribution >= 0.6 is 0 Å². The van der Waals surface area contributed by atoms with Crippen molar-refractivity contribution in [3.05, 3.63) is 0 Å². The summed E-state index contributed by atoms with van der Waals surface area (Å²) in [5, 5.41) is 37.7. The summed E-state index contributed by atoms with van der Waals surface area (Å²) in [6.45, 7) is -0.738. The summed E-state index contributed by atoms with van der Waals surface area (Å²) in [5.41, 5.74) is -3.23. The molecule has 0 spiro atoms. The summed E-state index contributed by atoms with van der Waals surface area (Å²) in [7, 11) is 0. The Labute approximate surface area is 94.9 Å². The zero-order valence-corrected chi connectivity index (χ0v) is 9.03. The third-order valence-electron chi connectivity index (χ3n) is 2.76. The SMILES string of the molecule is OCC#CC1(O)CCCCC1(O)C#CCO. The van der Waals surface area contributed by atoms with E-state index >= 15 is 0 Å². The Balaban J connectivity index is 3.02. The van der Waals surface area contributed by atoms with Crippen LogP contribution in [0.5, 0.6) is 0 Å². The van der Waals surface area contributed by atoms with Gasteiger partial charge in [-0.1, -0.05) is 23.7 Å². The van der Waals surface area contributed by atoms with Crippen molar-refractivity contribution in [1.29, 1.82) is 0 Å². The van der Waals surface area contributed by atoms with Crippen molar-refractivity contribution in [2.75, 3.05) is 13.2 Å². The molecular formula is C12H16O4. The van der Waals surface area contributed by atoms with Crippen LogP contribution in [0.25, 0.3) is 0 Å². The van der Waals surface area contributed by atoms with Crippen LogP contribution in [0, 0.1) is 23.7 Å².